The number of nitrogens with one attached hydrogen (secondary N) is 2. The number of alkyl halides is 1. The van der Waals surface area contributed by atoms with Gasteiger partial charge in [0.15, 0.2) is 18.0 Å². The molecule has 37 heavy (non-hydrogen) atoms. The number of esters is 1. The van der Waals surface area contributed by atoms with Gasteiger partial charge >= 0.3 is 19.4 Å². The molecule has 1 aliphatic heterocycles. The number of carbonyl (C=O) groups is 2. The third kappa shape index (κ3) is 7.22. The van der Waals surface area contributed by atoms with Gasteiger partial charge in [-0.3, -0.25) is 23.7 Å². The number of benzene rings is 1. The summed E-state index contributed by atoms with van der Waals surface area (Å²) in [5.74, 6) is -0.883. The van der Waals surface area contributed by atoms with Crippen molar-refractivity contribution in [1.82, 2.24) is 14.6 Å². The average Bonchev–Trinajstić information content (AvgIpc) is 3.07. The molecule has 0 radical (unpaired) electrons. The summed E-state index contributed by atoms with van der Waals surface area (Å²) in [6.45, 7) is 3.67. The van der Waals surface area contributed by atoms with Crippen molar-refractivity contribution >= 4 is 19.5 Å². The minimum atomic E-state index is -3.98. The molecule has 2 aromatic rings. The summed E-state index contributed by atoms with van der Waals surface area (Å²) in [6.07, 6.45) is -3.96. The Morgan fingerprint density at radius 3 is 2.54 bits per heavy atom. The standard InChI is InChI=1S/C23H29FN3O9P/c1-4-25-37(32,36-16-8-6-5-7-9-16)33-14-17-20(35-19(30)11-10-15(2)28)23(3,24)21(34-17)27-13-12-18(29)26-22(27)31/h5-9,12-13,17,20-21H,4,10-11,14H2,1-3H3,(H,25,32)(H,26,29,31). The van der Waals surface area contributed by atoms with Gasteiger partial charge in [-0.1, -0.05) is 25.1 Å². The first-order chi connectivity index (χ1) is 17.4. The molecule has 1 saturated heterocycles. The van der Waals surface area contributed by atoms with E-state index in [2.05, 4.69) is 5.09 Å². The molecule has 5 unspecified atom stereocenters. The molecule has 0 bridgehead atoms. The van der Waals surface area contributed by atoms with E-state index in [0.29, 0.717) is 0 Å². The molecule has 202 valence electrons. The van der Waals surface area contributed by atoms with Gasteiger partial charge in [-0.05, 0) is 26.0 Å². The van der Waals surface area contributed by atoms with Crippen molar-refractivity contribution in [2.24, 2.45) is 0 Å². The highest BCUT2D eigenvalue weighted by Crippen LogP contribution is 2.47. The Kier molecular flexibility index (Phi) is 9.19. The van der Waals surface area contributed by atoms with Gasteiger partial charge in [-0.15, -0.1) is 0 Å². The van der Waals surface area contributed by atoms with Gasteiger partial charge in [-0.2, -0.15) is 0 Å². The number of ketones is 1. The van der Waals surface area contributed by atoms with Crippen LogP contribution < -0.4 is 20.9 Å². The van der Waals surface area contributed by atoms with Crippen molar-refractivity contribution in [3.63, 3.8) is 0 Å². The van der Waals surface area contributed by atoms with Gasteiger partial charge in [-0.25, -0.2) is 18.8 Å². The summed E-state index contributed by atoms with van der Waals surface area (Å²) >= 11 is 0. The van der Waals surface area contributed by atoms with Crippen LogP contribution in [0.3, 0.4) is 0 Å². The van der Waals surface area contributed by atoms with E-state index in [1.807, 2.05) is 4.98 Å². The van der Waals surface area contributed by atoms with E-state index >= 15 is 4.39 Å². The van der Waals surface area contributed by atoms with Crippen LogP contribution in [-0.2, 0) is 28.2 Å². The van der Waals surface area contributed by atoms with Crippen LogP contribution in [0.25, 0.3) is 0 Å². The summed E-state index contributed by atoms with van der Waals surface area (Å²) in [7, 11) is -3.98. The molecule has 1 aromatic heterocycles. The fourth-order valence-electron chi connectivity index (χ4n) is 3.71. The number of hydrogen-bond donors (Lipinski definition) is 2. The number of para-hydroxylation sites is 1. The second-order valence-electron chi connectivity index (χ2n) is 8.52. The first-order valence-electron chi connectivity index (χ1n) is 11.5. The van der Waals surface area contributed by atoms with E-state index in [0.717, 1.165) is 23.8 Å². The Labute approximate surface area is 211 Å². The maximum atomic E-state index is 16.1. The van der Waals surface area contributed by atoms with Crippen LogP contribution in [0.2, 0.25) is 0 Å². The second-order valence-corrected chi connectivity index (χ2v) is 10.3. The second kappa shape index (κ2) is 12.0. The quantitative estimate of drug-likeness (QED) is 0.302. The molecule has 12 nitrogen and oxygen atoms in total. The number of aromatic amines is 1. The molecule has 3 rings (SSSR count). The zero-order valence-corrected chi connectivity index (χ0v) is 21.4. The largest absolute Gasteiger partial charge is 0.458 e. The van der Waals surface area contributed by atoms with Crippen molar-refractivity contribution in [3.05, 3.63) is 63.4 Å². The lowest BCUT2D eigenvalue weighted by Crippen LogP contribution is -2.46. The number of rotatable bonds is 12. The number of H-pyrrole nitrogens is 1. The number of carbonyl (C=O) groups excluding carboxylic acids is 2. The Morgan fingerprint density at radius 2 is 1.92 bits per heavy atom. The SMILES string of the molecule is CCNP(=O)(OCC1OC(n2ccc(=O)[nH]c2=O)C(C)(F)C1OC(=O)CCC(C)=O)Oc1ccccc1. The molecule has 0 aliphatic carbocycles. The number of hydrogen-bond acceptors (Lipinski definition) is 9. The van der Waals surface area contributed by atoms with Crippen LogP contribution in [0.1, 0.15) is 39.8 Å². The van der Waals surface area contributed by atoms with Gasteiger partial charge in [0, 0.05) is 25.2 Å². The minimum absolute atomic E-state index is 0.111. The number of nitrogens with zero attached hydrogens (tertiary/aromatic N) is 1. The Hall–Kier alpha value is -3.12. The molecule has 5 atom stereocenters. The third-order valence-corrected chi connectivity index (χ3v) is 7.10. The summed E-state index contributed by atoms with van der Waals surface area (Å²) in [5.41, 5.74) is -4.14. The topological polar surface area (TPSA) is 155 Å². The molecule has 1 fully saturated rings. The van der Waals surface area contributed by atoms with Crippen LogP contribution in [0, 0.1) is 0 Å². The highest BCUT2D eigenvalue weighted by atomic mass is 31.2. The van der Waals surface area contributed by atoms with Gasteiger partial charge in [0.1, 0.15) is 17.6 Å². The van der Waals surface area contributed by atoms with Crippen molar-refractivity contribution < 1.29 is 37.1 Å². The maximum Gasteiger partial charge on any atom is 0.458 e. The lowest BCUT2D eigenvalue weighted by atomic mass is 9.98. The highest BCUT2D eigenvalue weighted by Gasteiger charge is 2.58. The molecule has 0 saturated carbocycles. The predicted octanol–water partition coefficient (Wildman–Crippen LogP) is 2.26. The molecule has 14 heteroatoms. The van der Waals surface area contributed by atoms with E-state index in [9.17, 15) is 23.7 Å². The van der Waals surface area contributed by atoms with Crippen molar-refractivity contribution in [2.45, 2.75) is 57.7 Å². The molecule has 2 N–H and O–H groups in total. The van der Waals surface area contributed by atoms with E-state index in [4.69, 9.17) is 18.5 Å². The summed E-state index contributed by atoms with van der Waals surface area (Å²) in [4.78, 5) is 49.5. The first-order valence-corrected chi connectivity index (χ1v) is 13.1. The van der Waals surface area contributed by atoms with Crippen molar-refractivity contribution in [2.75, 3.05) is 13.2 Å². The molecule has 0 spiro atoms. The summed E-state index contributed by atoms with van der Waals surface area (Å²) in [6, 6.07) is 9.22. The van der Waals surface area contributed by atoms with Crippen LogP contribution in [0.5, 0.6) is 5.75 Å². The van der Waals surface area contributed by atoms with Crippen LogP contribution in [-0.4, -0.2) is 52.3 Å². The Bertz CT molecular complexity index is 1260. The zero-order valence-electron chi connectivity index (χ0n) is 20.5. The van der Waals surface area contributed by atoms with E-state index in [-0.39, 0.29) is 30.9 Å². The zero-order chi connectivity index (χ0) is 27.2. The number of Topliss-reactive ketones (excluding diaryl/α,β-unsaturated/α-hetero) is 1. The van der Waals surface area contributed by atoms with Gasteiger partial charge in [0.05, 0.1) is 13.0 Å². The van der Waals surface area contributed by atoms with Crippen LogP contribution in [0.4, 0.5) is 4.39 Å². The molecule has 0 amide bonds. The maximum absolute atomic E-state index is 16.1. The number of halogens is 1. The van der Waals surface area contributed by atoms with E-state index in [1.54, 1.807) is 37.3 Å². The summed E-state index contributed by atoms with van der Waals surface area (Å²) in [5, 5.41) is 2.62. The number of aromatic nitrogens is 2. The van der Waals surface area contributed by atoms with Crippen molar-refractivity contribution in [1.29, 1.82) is 0 Å². The fourth-order valence-corrected chi connectivity index (χ4v) is 5.05. The average molecular weight is 541 g/mol. The van der Waals surface area contributed by atoms with Gasteiger partial charge in [0.2, 0.25) is 0 Å². The van der Waals surface area contributed by atoms with E-state index in [1.165, 1.54) is 6.92 Å². The molecule has 1 aromatic carbocycles. The first kappa shape index (κ1) is 28.5. The van der Waals surface area contributed by atoms with Crippen molar-refractivity contribution in [3.8, 4) is 5.75 Å². The van der Waals surface area contributed by atoms with E-state index < -0.39 is 55.7 Å². The van der Waals surface area contributed by atoms with Gasteiger partial charge < -0.3 is 18.8 Å². The third-order valence-electron chi connectivity index (χ3n) is 5.45. The fraction of sp³-hybridized carbons (Fsp3) is 0.478. The molecule has 2 heterocycles. The minimum Gasteiger partial charge on any atom is -0.456 e. The normalized spacial score (nSPS) is 24.8. The van der Waals surface area contributed by atoms with Crippen LogP contribution in [0.15, 0.2) is 52.2 Å². The Morgan fingerprint density at radius 1 is 1.22 bits per heavy atom. The van der Waals surface area contributed by atoms with Gasteiger partial charge in [0.25, 0.3) is 5.56 Å². The predicted molar refractivity (Wildman–Crippen MR) is 129 cm³/mol. The lowest BCUT2D eigenvalue weighted by Gasteiger charge is -2.28. The smallest absolute Gasteiger partial charge is 0.456 e. The van der Waals surface area contributed by atoms with Crippen LogP contribution >= 0.6 is 7.75 Å². The number of ether oxygens (including phenoxy) is 2. The molecule has 1 aliphatic rings. The highest BCUT2D eigenvalue weighted by molar-refractivity contribution is 7.52. The summed E-state index contributed by atoms with van der Waals surface area (Å²) < 4.78 is 52.4. The molecular weight excluding hydrogens is 512 g/mol. The Balaban J connectivity index is 1.87. The monoisotopic (exact) mass is 541 g/mol. The lowest BCUT2D eigenvalue weighted by molar-refractivity contribution is -0.158. The molecular formula is C23H29FN3O9P.